The van der Waals surface area contributed by atoms with E-state index in [4.69, 9.17) is 0 Å². The molecule has 0 saturated heterocycles. The Morgan fingerprint density at radius 1 is 1.67 bits per heavy atom. The topological polar surface area (TPSA) is 24.9 Å². The number of nitrogens with one attached hydrogen (secondary N) is 1. The van der Waals surface area contributed by atoms with Crippen LogP contribution in [0.2, 0.25) is 0 Å². The number of thiazole rings is 1. The first-order valence-corrected chi connectivity index (χ1v) is 7.66. The average Bonchev–Trinajstić information content (AvgIpc) is 2.90. The molecule has 0 bridgehead atoms. The van der Waals surface area contributed by atoms with Crippen LogP contribution in [0.1, 0.15) is 37.2 Å². The fourth-order valence-electron chi connectivity index (χ4n) is 1.56. The highest BCUT2D eigenvalue weighted by Gasteiger charge is 2.26. The van der Waals surface area contributed by atoms with Crippen molar-refractivity contribution in [1.29, 1.82) is 0 Å². The van der Waals surface area contributed by atoms with Crippen LogP contribution >= 0.6 is 23.1 Å². The molecule has 1 aromatic heterocycles. The number of hydrogen-bond donors (Lipinski definition) is 1. The van der Waals surface area contributed by atoms with Crippen LogP contribution in [0.4, 0.5) is 0 Å². The largest absolute Gasteiger partial charge is 0.305 e. The van der Waals surface area contributed by atoms with Crippen LogP contribution < -0.4 is 5.32 Å². The number of hydrogen-bond acceptors (Lipinski definition) is 4. The molecule has 1 aromatic rings. The number of aromatic nitrogens is 1. The number of nitrogens with zero attached hydrogens (tertiary/aromatic N) is 1. The molecule has 0 amide bonds. The van der Waals surface area contributed by atoms with Gasteiger partial charge in [0.15, 0.2) is 0 Å². The predicted molar refractivity (Wildman–Crippen MR) is 68.6 cm³/mol. The minimum atomic E-state index is 0.497. The van der Waals surface area contributed by atoms with Crippen molar-refractivity contribution < 1.29 is 0 Å². The summed E-state index contributed by atoms with van der Waals surface area (Å²) in [6.45, 7) is 2.22. The lowest BCUT2D eigenvalue weighted by molar-refractivity contribution is 0.517. The molecule has 1 fully saturated rings. The highest BCUT2D eigenvalue weighted by molar-refractivity contribution is 7.99. The lowest BCUT2D eigenvalue weighted by Gasteiger charge is -2.15. The van der Waals surface area contributed by atoms with Gasteiger partial charge in [0.05, 0.1) is 6.04 Å². The van der Waals surface area contributed by atoms with Gasteiger partial charge in [-0.15, -0.1) is 11.3 Å². The van der Waals surface area contributed by atoms with Gasteiger partial charge in [-0.2, -0.15) is 11.8 Å². The molecule has 1 saturated carbocycles. The first-order valence-electron chi connectivity index (χ1n) is 5.63. The lowest BCUT2D eigenvalue weighted by atomic mass is 10.2. The fourth-order valence-corrected chi connectivity index (χ4v) is 2.99. The maximum absolute atomic E-state index is 4.42. The van der Waals surface area contributed by atoms with E-state index in [1.807, 2.05) is 18.0 Å². The summed E-state index contributed by atoms with van der Waals surface area (Å²) in [5.74, 6) is 2.45. The van der Waals surface area contributed by atoms with E-state index in [9.17, 15) is 0 Å². The first kappa shape index (κ1) is 11.4. The van der Waals surface area contributed by atoms with Crippen molar-refractivity contribution in [2.75, 3.05) is 11.5 Å². The summed E-state index contributed by atoms with van der Waals surface area (Å²) in [6.07, 6.45) is 5.82. The van der Waals surface area contributed by atoms with Crippen LogP contribution in [-0.4, -0.2) is 22.5 Å². The third kappa shape index (κ3) is 3.78. The second kappa shape index (κ2) is 5.87. The molecule has 1 N–H and O–H groups in total. The van der Waals surface area contributed by atoms with E-state index in [0.29, 0.717) is 6.04 Å². The minimum Gasteiger partial charge on any atom is -0.305 e. The van der Waals surface area contributed by atoms with Crippen molar-refractivity contribution in [2.24, 2.45) is 0 Å². The van der Waals surface area contributed by atoms with Crippen molar-refractivity contribution in [3.8, 4) is 0 Å². The monoisotopic (exact) mass is 242 g/mol. The summed E-state index contributed by atoms with van der Waals surface area (Å²) in [6, 6.07) is 1.27. The van der Waals surface area contributed by atoms with Gasteiger partial charge in [-0.25, -0.2) is 4.98 Å². The Morgan fingerprint density at radius 2 is 2.53 bits per heavy atom. The summed E-state index contributed by atoms with van der Waals surface area (Å²) in [4.78, 5) is 4.42. The van der Waals surface area contributed by atoms with Gasteiger partial charge >= 0.3 is 0 Å². The predicted octanol–water partition coefficient (Wildman–Crippen LogP) is 3.08. The van der Waals surface area contributed by atoms with Gasteiger partial charge in [-0.3, -0.25) is 0 Å². The van der Waals surface area contributed by atoms with E-state index in [-0.39, 0.29) is 0 Å². The molecule has 0 aliphatic heterocycles. The summed E-state index contributed by atoms with van der Waals surface area (Å²) in [5.41, 5.74) is 0. The Labute approximate surface area is 99.9 Å². The van der Waals surface area contributed by atoms with Crippen molar-refractivity contribution in [3.05, 3.63) is 16.6 Å². The Bertz CT molecular complexity index is 270. The Hall–Kier alpha value is -0.0600. The SMILES string of the molecule is CCSCCC(NC1CC1)c1nccs1. The molecule has 0 aromatic carbocycles. The zero-order valence-corrected chi connectivity index (χ0v) is 10.7. The normalized spacial score (nSPS) is 17.9. The van der Waals surface area contributed by atoms with Gasteiger partial charge in [0.1, 0.15) is 5.01 Å². The van der Waals surface area contributed by atoms with Crippen molar-refractivity contribution in [2.45, 2.75) is 38.3 Å². The molecule has 1 heterocycles. The van der Waals surface area contributed by atoms with E-state index in [1.54, 1.807) is 11.3 Å². The molecular formula is C11H18N2S2. The van der Waals surface area contributed by atoms with Crippen molar-refractivity contribution in [3.63, 3.8) is 0 Å². The molecule has 2 rings (SSSR count). The van der Waals surface area contributed by atoms with E-state index in [2.05, 4.69) is 22.6 Å². The molecule has 1 atom stereocenters. The summed E-state index contributed by atoms with van der Waals surface area (Å²) in [7, 11) is 0. The molecule has 0 spiro atoms. The zero-order chi connectivity index (χ0) is 10.5. The number of rotatable bonds is 7. The number of thioether (sulfide) groups is 1. The maximum atomic E-state index is 4.42. The van der Waals surface area contributed by atoms with E-state index in [1.165, 1.54) is 35.8 Å². The highest BCUT2D eigenvalue weighted by Crippen LogP contribution is 2.27. The lowest BCUT2D eigenvalue weighted by Crippen LogP contribution is -2.23. The van der Waals surface area contributed by atoms with Crippen LogP contribution in [0.25, 0.3) is 0 Å². The van der Waals surface area contributed by atoms with Gasteiger partial charge in [-0.1, -0.05) is 6.92 Å². The highest BCUT2D eigenvalue weighted by atomic mass is 32.2. The summed E-state index contributed by atoms with van der Waals surface area (Å²) >= 11 is 3.79. The van der Waals surface area contributed by atoms with Gasteiger partial charge in [-0.05, 0) is 30.8 Å². The fraction of sp³-hybridized carbons (Fsp3) is 0.727. The van der Waals surface area contributed by atoms with Crippen molar-refractivity contribution >= 4 is 23.1 Å². The molecular weight excluding hydrogens is 224 g/mol. The smallest absolute Gasteiger partial charge is 0.110 e. The molecule has 1 aliphatic rings. The van der Waals surface area contributed by atoms with E-state index in [0.717, 1.165) is 6.04 Å². The Morgan fingerprint density at radius 3 is 3.13 bits per heavy atom. The Kier molecular flexibility index (Phi) is 4.47. The van der Waals surface area contributed by atoms with Gasteiger partial charge in [0.25, 0.3) is 0 Å². The van der Waals surface area contributed by atoms with Crippen LogP contribution in [-0.2, 0) is 0 Å². The third-order valence-electron chi connectivity index (χ3n) is 2.52. The van der Waals surface area contributed by atoms with Crippen LogP contribution in [0, 0.1) is 0 Å². The molecule has 84 valence electrons. The molecule has 15 heavy (non-hydrogen) atoms. The second-order valence-electron chi connectivity index (χ2n) is 3.85. The standard InChI is InChI=1S/C11H18N2S2/c1-2-14-7-5-10(13-9-3-4-9)11-12-6-8-15-11/h6,8-10,13H,2-5,7H2,1H3. The average molecular weight is 242 g/mol. The maximum Gasteiger partial charge on any atom is 0.110 e. The second-order valence-corrected chi connectivity index (χ2v) is 6.17. The van der Waals surface area contributed by atoms with Gasteiger partial charge in [0.2, 0.25) is 0 Å². The summed E-state index contributed by atoms with van der Waals surface area (Å²) in [5, 5.41) is 7.02. The van der Waals surface area contributed by atoms with Crippen LogP contribution in [0.15, 0.2) is 11.6 Å². The van der Waals surface area contributed by atoms with E-state index >= 15 is 0 Å². The first-order chi connectivity index (χ1) is 7.40. The molecule has 4 heteroatoms. The van der Waals surface area contributed by atoms with Crippen LogP contribution in [0.5, 0.6) is 0 Å². The van der Waals surface area contributed by atoms with Crippen LogP contribution in [0.3, 0.4) is 0 Å². The molecule has 0 radical (unpaired) electrons. The quantitative estimate of drug-likeness (QED) is 0.744. The summed E-state index contributed by atoms with van der Waals surface area (Å²) < 4.78 is 0. The molecule has 2 nitrogen and oxygen atoms in total. The minimum absolute atomic E-state index is 0.497. The van der Waals surface area contributed by atoms with Gasteiger partial charge in [0, 0.05) is 17.6 Å². The van der Waals surface area contributed by atoms with Gasteiger partial charge < -0.3 is 5.32 Å². The van der Waals surface area contributed by atoms with E-state index < -0.39 is 0 Å². The zero-order valence-electron chi connectivity index (χ0n) is 9.11. The Balaban J connectivity index is 1.84. The molecule has 1 unspecified atom stereocenters. The molecule has 1 aliphatic carbocycles. The third-order valence-corrected chi connectivity index (χ3v) is 4.34. The van der Waals surface area contributed by atoms with Crippen molar-refractivity contribution in [1.82, 2.24) is 10.3 Å².